The molecule has 0 saturated carbocycles. The molecule has 0 aliphatic rings. The maximum Gasteiger partial charge on any atom is 0.268 e. The Morgan fingerprint density at radius 2 is 1.71 bits per heavy atom. The van der Waals surface area contributed by atoms with Gasteiger partial charge in [0.2, 0.25) is 10.0 Å². The normalized spacial score (nSPS) is 13.1. The van der Waals surface area contributed by atoms with Crippen molar-refractivity contribution in [3.63, 3.8) is 0 Å². The molecule has 3 aromatic carbocycles. The van der Waals surface area contributed by atoms with Gasteiger partial charge >= 0.3 is 0 Å². The highest BCUT2D eigenvalue weighted by molar-refractivity contribution is 7.89. The highest BCUT2D eigenvalue weighted by Crippen LogP contribution is 2.30. The van der Waals surface area contributed by atoms with Crippen molar-refractivity contribution in [3.8, 4) is 16.9 Å². The summed E-state index contributed by atoms with van der Waals surface area (Å²) in [6, 6.07) is 21.9. The Morgan fingerprint density at radius 1 is 1.06 bits per heavy atom. The van der Waals surface area contributed by atoms with Crippen molar-refractivity contribution in [2.45, 2.75) is 24.9 Å². The van der Waals surface area contributed by atoms with E-state index in [9.17, 15) is 22.7 Å². The number of amides is 1. The number of ether oxygens (including phenoxy) is 1. The fraction of sp³-hybridized carbons (Fsp3) is 0.259. The van der Waals surface area contributed by atoms with Crippen molar-refractivity contribution >= 4 is 15.9 Å². The number of alkyl halides is 1. The summed E-state index contributed by atoms with van der Waals surface area (Å²) in [5.74, 6) is -0.644. The minimum absolute atomic E-state index is 0.0466. The average molecular weight is 499 g/mol. The molecule has 0 fully saturated rings. The summed E-state index contributed by atoms with van der Waals surface area (Å²) >= 11 is 0. The second-order valence-corrected chi connectivity index (χ2v) is 10.1. The summed E-state index contributed by atoms with van der Waals surface area (Å²) in [6.07, 6.45) is 2.11. The van der Waals surface area contributed by atoms with Gasteiger partial charge in [-0.25, -0.2) is 13.1 Å². The van der Waals surface area contributed by atoms with E-state index < -0.39 is 28.2 Å². The van der Waals surface area contributed by atoms with Gasteiger partial charge in [-0.3, -0.25) is 9.18 Å². The van der Waals surface area contributed by atoms with Gasteiger partial charge in [0, 0.05) is 6.42 Å². The molecule has 6 nitrogen and oxygen atoms in total. The van der Waals surface area contributed by atoms with Crippen molar-refractivity contribution in [1.29, 1.82) is 0 Å². The van der Waals surface area contributed by atoms with Crippen LogP contribution < -0.4 is 9.46 Å². The highest BCUT2D eigenvalue weighted by atomic mass is 32.2. The lowest BCUT2D eigenvalue weighted by atomic mass is 9.89. The lowest BCUT2D eigenvalue weighted by Gasteiger charge is -2.23. The van der Waals surface area contributed by atoms with E-state index in [0.717, 1.165) is 28.5 Å². The van der Waals surface area contributed by atoms with Crippen LogP contribution in [0.3, 0.4) is 0 Å². The minimum Gasteiger partial charge on any atom is -0.493 e. The zero-order valence-corrected chi connectivity index (χ0v) is 20.4. The Balaban J connectivity index is 1.77. The largest absolute Gasteiger partial charge is 0.493 e. The molecule has 8 heteroatoms. The van der Waals surface area contributed by atoms with E-state index in [4.69, 9.17) is 4.74 Å². The Hall–Kier alpha value is -3.23. The topological polar surface area (TPSA) is 92.7 Å². The molecule has 185 valence electrons. The predicted octanol–water partition coefficient (Wildman–Crippen LogP) is 4.44. The standard InChI is InChI=1S/C27H29FNO5S/c1-27(31,23-7-4-3-5-8-23)16-15-20-9-11-21(12-10-20)22-13-14-24(26(30)29-35(2,32)33)25(19-22)34-18-6-17-28/h3-5,7-14,19,31H,1,6,15-18H2,2H3,(H,29,30)/t27-/m1/s1. The molecule has 3 rings (SSSR count). The van der Waals surface area contributed by atoms with Gasteiger partial charge < -0.3 is 9.84 Å². The van der Waals surface area contributed by atoms with Crippen molar-refractivity contribution < 1.29 is 27.4 Å². The first-order valence-corrected chi connectivity index (χ1v) is 13.1. The molecule has 0 unspecified atom stereocenters. The fourth-order valence-electron chi connectivity index (χ4n) is 3.58. The van der Waals surface area contributed by atoms with Crippen molar-refractivity contribution in [2.75, 3.05) is 19.5 Å². The summed E-state index contributed by atoms with van der Waals surface area (Å²) in [6.45, 7) is 3.43. The first-order chi connectivity index (χ1) is 16.6. The van der Waals surface area contributed by atoms with E-state index in [1.807, 2.05) is 59.3 Å². The van der Waals surface area contributed by atoms with Crippen LogP contribution in [0, 0.1) is 6.92 Å². The third-order valence-electron chi connectivity index (χ3n) is 5.47. The van der Waals surface area contributed by atoms with Gasteiger partial charge in [0.1, 0.15) is 5.75 Å². The Labute approximate surface area is 205 Å². The van der Waals surface area contributed by atoms with Crippen LogP contribution in [-0.2, 0) is 22.0 Å². The molecule has 0 spiro atoms. The summed E-state index contributed by atoms with van der Waals surface area (Å²) in [4.78, 5) is 12.4. The van der Waals surface area contributed by atoms with Crippen LogP contribution in [0.5, 0.6) is 5.75 Å². The molecule has 0 aliphatic heterocycles. The van der Waals surface area contributed by atoms with Crippen molar-refractivity contribution in [2.24, 2.45) is 0 Å². The smallest absolute Gasteiger partial charge is 0.268 e. The fourth-order valence-corrected chi connectivity index (χ4v) is 4.02. The zero-order chi connectivity index (χ0) is 25.5. The van der Waals surface area contributed by atoms with Crippen LogP contribution in [-0.4, -0.2) is 39.0 Å². The van der Waals surface area contributed by atoms with E-state index in [-0.39, 0.29) is 24.3 Å². The summed E-state index contributed by atoms with van der Waals surface area (Å²) in [5, 5.41) is 10.7. The first kappa shape index (κ1) is 26.4. The zero-order valence-electron chi connectivity index (χ0n) is 19.5. The van der Waals surface area contributed by atoms with Gasteiger partial charge in [-0.15, -0.1) is 0 Å². The Bertz CT molecular complexity index is 1240. The van der Waals surface area contributed by atoms with E-state index in [2.05, 4.69) is 6.92 Å². The van der Waals surface area contributed by atoms with Gasteiger partial charge in [-0.2, -0.15) is 0 Å². The third-order valence-corrected chi connectivity index (χ3v) is 6.02. The average Bonchev–Trinajstić information content (AvgIpc) is 2.83. The van der Waals surface area contributed by atoms with Gasteiger partial charge in [0.05, 0.1) is 30.7 Å². The van der Waals surface area contributed by atoms with Crippen LogP contribution >= 0.6 is 0 Å². The SMILES string of the molecule is [CH2][C@@](O)(CCc1ccc(-c2ccc(C(=O)NS(C)(=O)=O)c(OCCCF)c2)cc1)c1ccccc1. The van der Waals surface area contributed by atoms with Crippen LogP contribution in [0.25, 0.3) is 11.1 Å². The second-order valence-electron chi connectivity index (χ2n) is 8.40. The molecule has 0 bridgehead atoms. The van der Waals surface area contributed by atoms with Crippen molar-refractivity contribution in [1.82, 2.24) is 4.72 Å². The number of hydrogen-bond acceptors (Lipinski definition) is 5. The Kier molecular flexibility index (Phi) is 8.64. The summed E-state index contributed by atoms with van der Waals surface area (Å²) < 4.78 is 43.0. The van der Waals surface area contributed by atoms with Gasteiger partial charge in [-0.05, 0) is 54.2 Å². The number of aryl methyl sites for hydroxylation is 1. The second kappa shape index (κ2) is 11.5. The predicted molar refractivity (Wildman–Crippen MR) is 134 cm³/mol. The number of carbonyl (C=O) groups is 1. The number of rotatable bonds is 11. The third kappa shape index (κ3) is 7.63. The summed E-state index contributed by atoms with van der Waals surface area (Å²) in [7, 11) is -3.75. The maximum atomic E-state index is 12.5. The molecule has 2 N–H and O–H groups in total. The molecule has 35 heavy (non-hydrogen) atoms. The van der Waals surface area contributed by atoms with E-state index >= 15 is 0 Å². The molecule has 1 atom stereocenters. The van der Waals surface area contributed by atoms with Gasteiger partial charge in [0.25, 0.3) is 5.91 Å². The van der Waals surface area contributed by atoms with Crippen LogP contribution in [0.15, 0.2) is 72.8 Å². The quantitative estimate of drug-likeness (QED) is 0.382. The number of benzene rings is 3. The van der Waals surface area contributed by atoms with Crippen LogP contribution in [0.1, 0.15) is 34.3 Å². The maximum absolute atomic E-state index is 12.5. The van der Waals surface area contributed by atoms with Crippen molar-refractivity contribution in [3.05, 3.63) is 96.4 Å². The Morgan fingerprint density at radius 3 is 2.34 bits per heavy atom. The molecule has 3 aromatic rings. The number of halogens is 1. The van der Waals surface area contributed by atoms with E-state index in [1.165, 1.54) is 6.07 Å². The molecule has 0 saturated heterocycles. The molecule has 1 amide bonds. The highest BCUT2D eigenvalue weighted by Gasteiger charge is 2.22. The number of nitrogens with one attached hydrogen (secondary N) is 1. The molecule has 0 heterocycles. The van der Waals surface area contributed by atoms with Crippen LogP contribution in [0.4, 0.5) is 4.39 Å². The summed E-state index contributed by atoms with van der Waals surface area (Å²) in [5.41, 5.74) is 2.25. The van der Waals surface area contributed by atoms with E-state index in [1.54, 1.807) is 12.1 Å². The monoisotopic (exact) mass is 498 g/mol. The number of hydrogen-bond donors (Lipinski definition) is 2. The van der Waals surface area contributed by atoms with Gasteiger partial charge in [-0.1, -0.05) is 60.7 Å². The first-order valence-electron chi connectivity index (χ1n) is 11.2. The lowest BCUT2D eigenvalue weighted by Crippen LogP contribution is -2.29. The molecular formula is C27H29FNO5S. The number of aliphatic hydroxyl groups is 1. The van der Waals surface area contributed by atoms with Gasteiger partial charge in [0.15, 0.2) is 0 Å². The number of sulfonamides is 1. The molecule has 1 radical (unpaired) electrons. The molecule has 0 aliphatic carbocycles. The number of carbonyl (C=O) groups excluding carboxylic acids is 1. The molecular weight excluding hydrogens is 469 g/mol. The molecule has 0 aromatic heterocycles. The van der Waals surface area contributed by atoms with E-state index in [0.29, 0.717) is 12.8 Å². The van der Waals surface area contributed by atoms with Crippen LogP contribution in [0.2, 0.25) is 0 Å². The minimum atomic E-state index is -3.75. The lowest BCUT2D eigenvalue weighted by molar-refractivity contribution is 0.0767.